The molecule has 0 saturated carbocycles. The van der Waals surface area contributed by atoms with E-state index in [1.807, 2.05) is 0 Å². The van der Waals surface area contributed by atoms with E-state index >= 15 is 0 Å². The van der Waals surface area contributed by atoms with Crippen LogP contribution in [-0.2, 0) is 9.53 Å². The summed E-state index contributed by atoms with van der Waals surface area (Å²) in [6.07, 6.45) is 2.51. The molecule has 4 nitrogen and oxygen atoms in total. The monoisotopic (exact) mass is 216 g/mol. The number of hydrogen-bond acceptors (Lipinski definition) is 5. The van der Waals surface area contributed by atoms with Crippen molar-refractivity contribution in [1.29, 1.82) is 5.26 Å². The molecule has 0 aliphatic heterocycles. The molecule has 0 saturated heterocycles. The van der Waals surface area contributed by atoms with Gasteiger partial charge in [0.25, 0.3) is 0 Å². The first-order valence-corrected chi connectivity index (χ1v) is 5.66. The van der Waals surface area contributed by atoms with Gasteiger partial charge in [0.15, 0.2) is 0 Å². The molecule has 0 bridgehead atoms. The van der Waals surface area contributed by atoms with Crippen molar-refractivity contribution in [3.05, 3.63) is 0 Å². The van der Waals surface area contributed by atoms with Gasteiger partial charge in [0, 0.05) is 12.2 Å². The topological polar surface area (TPSA) is 76.1 Å². The highest BCUT2D eigenvalue weighted by atomic mass is 32.2. The lowest BCUT2D eigenvalue weighted by atomic mass is 10.3. The summed E-state index contributed by atoms with van der Waals surface area (Å²) in [7, 11) is 1.33. The molecule has 0 heterocycles. The molecule has 0 aromatic carbocycles. The Bertz CT molecular complexity index is 203. The Hall–Kier alpha value is -0.730. The number of thioether (sulfide) groups is 1. The quantitative estimate of drug-likeness (QED) is 0.505. The van der Waals surface area contributed by atoms with E-state index in [0.29, 0.717) is 12.2 Å². The molecule has 0 aromatic heterocycles. The van der Waals surface area contributed by atoms with Gasteiger partial charge < -0.3 is 10.5 Å². The summed E-state index contributed by atoms with van der Waals surface area (Å²) in [5, 5.41) is 8.28. The molecular formula is C9H16N2O2S. The second-order valence-corrected chi connectivity index (χ2v) is 3.97. The number of methoxy groups -OCH3 is 1. The zero-order chi connectivity index (χ0) is 10.8. The van der Waals surface area contributed by atoms with Gasteiger partial charge in [0.2, 0.25) is 0 Å². The molecule has 0 radical (unpaired) electrons. The molecule has 0 aliphatic rings. The number of nitrogens with zero attached hydrogens (tertiary/aromatic N) is 1. The molecule has 5 heteroatoms. The normalized spacial score (nSPS) is 11.8. The van der Waals surface area contributed by atoms with Gasteiger partial charge in [-0.3, -0.25) is 4.79 Å². The van der Waals surface area contributed by atoms with Gasteiger partial charge in [-0.05, 0) is 18.6 Å². The van der Waals surface area contributed by atoms with Gasteiger partial charge in [-0.15, -0.1) is 0 Å². The maximum Gasteiger partial charge on any atom is 0.323 e. The number of rotatable bonds is 7. The lowest BCUT2D eigenvalue weighted by molar-refractivity contribution is -0.141. The van der Waals surface area contributed by atoms with Crippen molar-refractivity contribution in [2.45, 2.75) is 25.3 Å². The first-order valence-electron chi connectivity index (χ1n) is 4.50. The van der Waals surface area contributed by atoms with E-state index in [1.54, 1.807) is 11.8 Å². The number of carbonyl (C=O) groups is 1. The van der Waals surface area contributed by atoms with Crippen molar-refractivity contribution < 1.29 is 9.53 Å². The van der Waals surface area contributed by atoms with Gasteiger partial charge in [-0.1, -0.05) is 0 Å². The van der Waals surface area contributed by atoms with E-state index in [-0.39, 0.29) is 5.97 Å². The standard InChI is InChI=1S/C9H16N2O2S/c1-13-9(12)8(11)7-14-6-4-2-3-5-10/h8H,2-4,6-7,11H2,1H3. The second kappa shape index (κ2) is 8.85. The van der Waals surface area contributed by atoms with E-state index in [4.69, 9.17) is 11.0 Å². The first kappa shape index (κ1) is 13.3. The fraction of sp³-hybridized carbons (Fsp3) is 0.778. The zero-order valence-electron chi connectivity index (χ0n) is 8.36. The van der Waals surface area contributed by atoms with Crippen LogP contribution in [0.25, 0.3) is 0 Å². The average Bonchev–Trinajstić information content (AvgIpc) is 2.21. The summed E-state index contributed by atoms with van der Waals surface area (Å²) in [5.74, 6) is 1.15. The van der Waals surface area contributed by atoms with Crippen LogP contribution in [0, 0.1) is 11.3 Å². The Labute approximate surface area is 88.8 Å². The van der Waals surface area contributed by atoms with Crippen molar-refractivity contribution in [1.82, 2.24) is 0 Å². The number of unbranched alkanes of at least 4 members (excludes halogenated alkanes) is 2. The van der Waals surface area contributed by atoms with Crippen molar-refractivity contribution in [2.75, 3.05) is 18.6 Å². The van der Waals surface area contributed by atoms with E-state index in [9.17, 15) is 4.79 Å². The Morgan fingerprint density at radius 2 is 2.36 bits per heavy atom. The number of esters is 1. The Morgan fingerprint density at radius 1 is 1.64 bits per heavy atom. The first-order chi connectivity index (χ1) is 6.72. The van der Waals surface area contributed by atoms with Gasteiger partial charge in [-0.2, -0.15) is 17.0 Å². The predicted octanol–water partition coefficient (Wildman–Crippen LogP) is 0.914. The van der Waals surface area contributed by atoms with Crippen LogP contribution in [-0.4, -0.2) is 30.6 Å². The predicted molar refractivity (Wildman–Crippen MR) is 56.8 cm³/mol. The summed E-state index contributed by atoms with van der Waals surface area (Å²) >= 11 is 1.62. The zero-order valence-corrected chi connectivity index (χ0v) is 9.18. The third-order valence-corrected chi connectivity index (χ3v) is 2.80. The summed E-state index contributed by atoms with van der Waals surface area (Å²) in [6, 6.07) is 1.56. The summed E-state index contributed by atoms with van der Waals surface area (Å²) in [6.45, 7) is 0. The minimum atomic E-state index is -0.527. The van der Waals surface area contributed by atoms with Crippen LogP contribution in [0.3, 0.4) is 0 Å². The minimum absolute atomic E-state index is 0.366. The molecule has 0 rings (SSSR count). The molecule has 1 unspecified atom stereocenters. The van der Waals surface area contributed by atoms with Crippen LogP contribution >= 0.6 is 11.8 Å². The van der Waals surface area contributed by atoms with E-state index in [1.165, 1.54) is 7.11 Å². The van der Waals surface area contributed by atoms with Gasteiger partial charge in [0.1, 0.15) is 6.04 Å². The number of ether oxygens (including phenoxy) is 1. The van der Waals surface area contributed by atoms with E-state index in [2.05, 4.69) is 10.8 Å². The van der Waals surface area contributed by atoms with Gasteiger partial charge in [-0.25, -0.2) is 0 Å². The van der Waals surface area contributed by atoms with Crippen LogP contribution in [0.15, 0.2) is 0 Å². The number of hydrogen-bond donors (Lipinski definition) is 1. The number of nitriles is 1. The molecule has 0 amide bonds. The third kappa shape index (κ3) is 6.75. The highest BCUT2D eigenvalue weighted by Crippen LogP contribution is 2.07. The van der Waals surface area contributed by atoms with Gasteiger partial charge in [0.05, 0.1) is 13.2 Å². The fourth-order valence-corrected chi connectivity index (χ4v) is 1.80. The summed E-state index contributed by atoms with van der Waals surface area (Å²) in [4.78, 5) is 10.9. The molecule has 0 spiro atoms. The Kier molecular flexibility index (Phi) is 8.39. The maximum absolute atomic E-state index is 10.9. The SMILES string of the molecule is COC(=O)C(N)CSCCCCC#N. The van der Waals surface area contributed by atoms with Crippen LogP contribution in [0.4, 0.5) is 0 Å². The van der Waals surface area contributed by atoms with Crippen molar-refractivity contribution in [3.63, 3.8) is 0 Å². The van der Waals surface area contributed by atoms with Crippen LogP contribution in [0.2, 0.25) is 0 Å². The number of nitrogens with two attached hydrogens (primary N) is 1. The molecular weight excluding hydrogens is 200 g/mol. The Balaban J connectivity index is 3.28. The average molecular weight is 216 g/mol. The lowest BCUT2D eigenvalue weighted by Gasteiger charge is -2.07. The van der Waals surface area contributed by atoms with E-state index in [0.717, 1.165) is 18.6 Å². The Morgan fingerprint density at radius 3 is 2.93 bits per heavy atom. The smallest absolute Gasteiger partial charge is 0.323 e. The fourth-order valence-electron chi connectivity index (χ4n) is 0.838. The molecule has 0 aromatic rings. The van der Waals surface area contributed by atoms with Crippen LogP contribution in [0.5, 0.6) is 0 Å². The lowest BCUT2D eigenvalue weighted by Crippen LogP contribution is -2.33. The summed E-state index contributed by atoms with van der Waals surface area (Å²) in [5.41, 5.74) is 5.52. The highest BCUT2D eigenvalue weighted by Gasteiger charge is 2.12. The van der Waals surface area contributed by atoms with Gasteiger partial charge >= 0.3 is 5.97 Å². The van der Waals surface area contributed by atoms with E-state index < -0.39 is 6.04 Å². The highest BCUT2D eigenvalue weighted by molar-refractivity contribution is 7.99. The number of carbonyl (C=O) groups excluding carboxylic acids is 1. The molecule has 14 heavy (non-hydrogen) atoms. The molecule has 80 valence electrons. The molecule has 0 aliphatic carbocycles. The van der Waals surface area contributed by atoms with Crippen molar-refractivity contribution in [3.8, 4) is 6.07 Å². The van der Waals surface area contributed by atoms with Crippen LogP contribution in [0.1, 0.15) is 19.3 Å². The second-order valence-electron chi connectivity index (χ2n) is 2.82. The molecule has 0 fully saturated rings. The van der Waals surface area contributed by atoms with Crippen LogP contribution < -0.4 is 5.73 Å². The minimum Gasteiger partial charge on any atom is -0.468 e. The van der Waals surface area contributed by atoms with Crippen molar-refractivity contribution in [2.24, 2.45) is 5.73 Å². The largest absolute Gasteiger partial charge is 0.468 e. The molecule has 2 N–H and O–H groups in total. The third-order valence-electron chi connectivity index (χ3n) is 1.63. The maximum atomic E-state index is 10.9. The summed E-state index contributed by atoms with van der Waals surface area (Å²) < 4.78 is 4.49. The van der Waals surface area contributed by atoms with Crippen molar-refractivity contribution >= 4 is 17.7 Å². The molecule has 1 atom stereocenters.